The molecule has 0 aliphatic carbocycles. The molecule has 6 heteroatoms. The van der Waals surface area contributed by atoms with E-state index in [1.807, 2.05) is 27.8 Å². The SMILES string of the molecule is Cc1cnn(-c2[c-]cc(-c3ccccc3-c3cc(-c4ccccc4-c4c[c-]c(-n5ncc(C)c5C)cc4)cc(-c4ccccc4-c4cnc(-c5[c-]ccc(-c6ccccc6)c5)cc4-c4ccc(-c5ccccc5)cc4)c3)cc2)c1C.[Ir+3]. The van der Waals surface area contributed by atoms with Crippen molar-refractivity contribution in [3.05, 3.63) is 296 Å². The molecule has 0 amide bonds. The summed E-state index contributed by atoms with van der Waals surface area (Å²) in [6, 6.07) is 95.2. The molecule has 81 heavy (non-hydrogen) atoms. The third-order valence-corrected chi connectivity index (χ3v) is 15.5. The molecule has 0 fully saturated rings. The fourth-order valence-electron chi connectivity index (χ4n) is 10.9. The second-order valence-corrected chi connectivity index (χ2v) is 20.4. The fourth-order valence-corrected chi connectivity index (χ4v) is 10.9. The summed E-state index contributed by atoms with van der Waals surface area (Å²) in [6.45, 7) is 8.36. The van der Waals surface area contributed by atoms with Gasteiger partial charge in [-0.3, -0.25) is 9.36 Å². The van der Waals surface area contributed by atoms with Crippen LogP contribution in [0.1, 0.15) is 22.5 Å². The van der Waals surface area contributed by atoms with Crippen LogP contribution in [0, 0.1) is 45.9 Å². The van der Waals surface area contributed by atoms with Crippen molar-refractivity contribution < 1.29 is 20.1 Å². The van der Waals surface area contributed by atoms with Crippen molar-refractivity contribution in [3.8, 4) is 123 Å². The maximum absolute atomic E-state index is 5.28. The van der Waals surface area contributed by atoms with Gasteiger partial charge in [0.2, 0.25) is 0 Å². The van der Waals surface area contributed by atoms with Crippen LogP contribution in [0.15, 0.2) is 255 Å². The van der Waals surface area contributed by atoms with Crippen molar-refractivity contribution in [3.63, 3.8) is 0 Å². The molecule has 0 radical (unpaired) electrons. The molecule has 0 saturated carbocycles. The van der Waals surface area contributed by atoms with Gasteiger partial charge < -0.3 is 4.98 Å². The van der Waals surface area contributed by atoms with E-state index in [9.17, 15) is 0 Å². The zero-order valence-electron chi connectivity index (χ0n) is 45.3. The standard InChI is InChI=1S/C75H54N5.Ir/c1-50-47-77-79(52(50)3)65-38-34-57(35-39-65)67-24-11-13-26-69(67)62-43-63(70-27-14-12-25-68(70)58-36-40-66(41-37-58)80-53(4)51(2)48-78-80)45-64(44-62)71-28-15-16-29-72(71)74-49-76-75(61-23-17-22-60(42-61)55-20-9-6-10-21-55)46-73(74)59-32-30-56(31-33-59)54-18-7-5-8-19-54;/h5-22,24-38,40,42-49H,1-4H3;/q-3;+3. The van der Waals surface area contributed by atoms with E-state index < -0.39 is 0 Å². The molecular formula is C75H54IrN5. The molecule has 0 spiro atoms. The normalized spacial score (nSPS) is 11.1. The molecule has 0 unspecified atom stereocenters. The van der Waals surface area contributed by atoms with E-state index in [-0.39, 0.29) is 20.1 Å². The van der Waals surface area contributed by atoms with Gasteiger partial charge in [-0.15, -0.1) is 58.7 Å². The van der Waals surface area contributed by atoms with Crippen molar-refractivity contribution in [2.45, 2.75) is 27.7 Å². The van der Waals surface area contributed by atoms with Gasteiger partial charge in [0.15, 0.2) is 0 Å². The third kappa shape index (κ3) is 10.4. The summed E-state index contributed by atoms with van der Waals surface area (Å²) >= 11 is 0. The van der Waals surface area contributed by atoms with Gasteiger partial charge in [-0.05, 0) is 141 Å². The Balaban J connectivity index is 0.00000651. The van der Waals surface area contributed by atoms with Gasteiger partial charge in [0.25, 0.3) is 0 Å². The molecule has 13 aromatic rings. The number of benzene rings is 10. The quantitative estimate of drug-likeness (QED) is 0.115. The maximum Gasteiger partial charge on any atom is 3.00 e. The van der Waals surface area contributed by atoms with Crippen molar-refractivity contribution in [1.82, 2.24) is 24.5 Å². The number of rotatable bonds is 12. The average Bonchev–Trinajstić information content (AvgIpc) is 4.09. The molecule has 0 N–H and O–H groups in total. The van der Waals surface area contributed by atoms with E-state index in [1.54, 1.807) is 0 Å². The van der Waals surface area contributed by atoms with Gasteiger partial charge in [-0.1, -0.05) is 175 Å². The molecule has 388 valence electrons. The third-order valence-electron chi connectivity index (χ3n) is 15.5. The van der Waals surface area contributed by atoms with E-state index in [1.165, 1.54) is 5.56 Å². The van der Waals surface area contributed by atoms with Crippen LogP contribution in [0.3, 0.4) is 0 Å². The van der Waals surface area contributed by atoms with Gasteiger partial charge in [0, 0.05) is 23.1 Å². The minimum Gasteiger partial charge on any atom is -0.304 e. The van der Waals surface area contributed by atoms with Gasteiger partial charge in [0.1, 0.15) is 0 Å². The number of nitrogens with zero attached hydrogens (tertiary/aromatic N) is 5. The second kappa shape index (κ2) is 22.6. The molecule has 0 aliphatic heterocycles. The topological polar surface area (TPSA) is 48.5 Å². The van der Waals surface area contributed by atoms with Crippen LogP contribution in [-0.2, 0) is 20.1 Å². The van der Waals surface area contributed by atoms with Gasteiger partial charge >= 0.3 is 20.1 Å². The molecule has 5 nitrogen and oxygen atoms in total. The first-order chi connectivity index (χ1) is 39.3. The van der Waals surface area contributed by atoms with Crippen molar-refractivity contribution >= 4 is 0 Å². The Kier molecular flexibility index (Phi) is 14.6. The van der Waals surface area contributed by atoms with Crippen LogP contribution in [-0.4, -0.2) is 24.5 Å². The molecule has 0 bridgehead atoms. The predicted molar refractivity (Wildman–Crippen MR) is 328 cm³/mol. The van der Waals surface area contributed by atoms with Crippen molar-refractivity contribution in [2.75, 3.05) is 0 Å². The Morgan fingerprint density at radius 2 is 0.716 bits per heavy atom. The summed E-state index contributed by atoms with van der Waals surface area (Å²) in [5.74, 6) is 0. The van der Waals surface area contributed by atoms with Crippen LogP contribution in [0.5, 0.6) is 0 Å². The smallest absolute Gasteiger partial charge is 0.304 e. The van der Waals surface area contributed by atoms with Crippen LogP contribution in [0.2, 0.25) is 0 Å². The predicted octanol–water partition coefficient (Wildman–Crippen LogP) is 18.8. The second-order valence-electron chi connectivity index (χ2n) is 20.4. The molecule has 3 aromatic heterocycles. The first kappa shape index (κ1) is 52.1. The van der Waals surface area contributed by atoms with Gasteiger partial charge in [-0.2, -0.15) is 46.6 Å². The Bertz CT molecular complexity index is 4210. The van der Waals surface area contributed by atoms with Gasteiger partial charge in [-0.25, -0.2) is 0 Å². The minimum atomic E-state index is 0. The number of aromatic nitrogens is 5. The molecule has 0 saturated heterocycles. The molecule has 0 aliphatic rings. The fraction of sp³-hybridized carbons (Fsp3) is 0.0533. The number of aryl methyl sites for hydroxylation is 2. The Morgan fingerprint density at radius 3 is 1.17 bits per heavy atom. The van der Waals surface area contributed by atoms with Crippen LogP contribution in [0.25, 0.3) is 123 Å². The van der Waals surface area contributed by atoms with E-state index >= 15 is 0 Å². The van der Waals surface area contributed by atoms with E-state index in [0.717, 1.165) is 140 Å². The summed E-state index contributed by atoms with van der Waals surface area (Å²) in [7, 11) is 0. The summed E-state index contributed by atoms with van der Waals surface area (Å²) in [6.07, 6.45) is 5.87. The Hall–Kier alpha value is -9.58. The van der Waals surface area contributed by atoms with Crippen molar-refractivity contribution in [2.24, 2.45) is 0 Å². The van der Waals surface area contributed by atoms with Crippen LogP contribution >= 0.6 is 0 Å². The van der Waals surface area contributed by atoms with E-state index in [0.29, 0.717) is 0 Å². The molecule has 0 atom stereocenters. The van der Waals surface area contributed by atoms with Gasteiger partial charge in [0.05, 0.1) is 12.4 Å². The van der Waals surface area contributed by atoms with Crippen LogP contribution in [0.4, 0.5) is 0 Å². The molecular weight excluding hydrogens is 1160 g/mol. The summed E-state index contributed by atoms with van der Waals surface area (Å²) < 4.78 is 3.91. The molecule has 13 rings (SSSR count). The number of pyridine rings is 1. The summed E-state index contributed by atoms with van der Waals surface area (Å²) in [5.41, 5.74) is 27.9. The zero-order chi connectivity index (χ0) is 54.1. The molecule has 10 aromatic carbocycles. The first-order valence-electron chi connectivity index (χ1n) is 27.1. The van der Waals surface area contributed by atoms with E-state index in [2.05, 4.69) is 293 Å². The molecule has 3 heterocycles. The van der Waals surface area contributed by atoms with Crippen molar-refractivity contribution in [1.29, 1.82) is 0 Å². The zero-order valence-corrected chi connectivity index (χ0v) is 47.7. The Labute approximate surface area is 487 Å². The number of hydrogen-bond donors (Lipinski definition) is 0. The Morgan fingerprint density at radius 1 is 0.309 bits per heavy atom. The monoisotopic (exact) mass is 1220 g/mol. The summed E-state index contributed by atoms with van der Waals surface area (Å²) in [5, 5.41) is 9.31. The largest absolute Gasteiger partial charge is 3.00 e. The van der Waals surface area contributed by atoms with E-state index in [4.69, 9.17) is 4.98 Å². The minimum absolute atomic E-state index is 0. The first-order valence-corrected chi connectivity index (χ1v) is 27.1. The average molecular weight is 1220 g/mol. The summed E-state index contributed by atoms with van der Waals surface area (Å²) in [4.78, 5) is 5.28. The maximum atomic E-state index is 5.28. The number of hydrogen-bond acceptors (Lipinski definition) is 3. The van der Waals surface area contributed by atoms with Crippen LogP contribution < -0.4 is 0 Å².